The maximum Gasteiger partial charge on any atom is 0.166 e. The van der Waals surface area contributed by atoms with E-state index in [1.807, 2.05) is 6.07 Å². The number of ether oxygens (including phenoxy) is 2. The molecule has 0 spiro atoms. The Morgan fingerprint density at radius 2 is 2.29 bits per heavy atom. The molecule has 2 aliphatic heterocycles. The summed E-state index contributed by atoms with van der Waals surface area (Å²) < 4.78 is 11.5. The van der Waals surface area contributed by atoms with Crippen molar-refractivity contribution < 1.29 is 14.6 Å². The van der Waals surface area contributed by atoms with Crippen LogP contribution in [0.2, 0.25) is 0 Å². The standard InChI is InChI=1S/C17H25NO3/c1-3-8-18-9-4-5-13-14-7-6-12(10-19)16(20-2)17(14)21-11-15(13)18/h6-7,13,15,19H,3-5,8-11H2,1-2H3/t13-,15-/m1/s1. The minimum absolute atomic E-state index is 0.0180. The second kappa shape index (κ2) is 6.24. The molecule has 21 heavy (non-hydrogen) atoms. The van der Waals surface area contributed by atoms with Crippen molar-refractivity contribution in [1.82, 2.24) is 4.90 Å². The van der Waals surface area contributed by atoms with E-state index in [4.69, 9.17) is 9.47 Å². The molecule has 0 aliphatic carbocycles. The van der Waals surface area contributed by atoms with E-state index in [2.05, 4.69) is 17.9 Å². The average Bonchev–Trinajstić information content (AvgIpc) is 2.53. The van der Waals surface area contributed by atoms with Crippen LogP contribution in [0.3, 0.4) is 0 Å². The van der Waals surface area contributed by atoms with Crippen LogP contribution in [0.15, 0.2) is 12.1 Å². The third-order valence-corrected chi connectivity index (χ3v) is 4.80. The summed E-state index contributed by atoms with van der Waals surface area (Å²) in [7, 11) is 1.65. The summed E-state index contributed by atoms with van der Waals surface area (Å²) in [6, 6.07) is 4.58. The van der Waals surface area contributed by atoms with Crippen molar-refractivity contribution in [3.63, 3.8) is 0 Å². The molecule has 0 radical (unpaired) electrons. The molecule has 4 heteroatoms. The van der Waals surface area contributed by atoms with E-state index in [9.17, 15) is 5.11 Å². The largest absolute Gasteiger partial charge is 0.492 e. The van der Waals surface area contributed by atoms with Crippen molar-refractivity contribution in [2.45, 2.75) is 44.8 Å². The summed E-state index contributed by atoms with van der Waals surface area (Å²) >= 11 is 0. The Kier molecular flexibility index (Phi) is 4.36. The van der Waals surface area contributed by atoms with Gasteiger partial charge in [-0.05, 0) is 32.4 Å². The maximum absolute atomic E-state index is 9.45. The zero-order valence-electron chi connectivity index (χ0n) is 13.0. The third kappa shape index (κ3) is 2.51. The molecule has 0 unspecified atom stereocenters. The van der Waals surface area contributed by atoms with Gasteiger partial charge in [-0.1, -0.05) is 19.1 Å². The summed E-state index contributed by atoms with van der Waals surface area (Å²) in [5.41, 5.74) is 2.05. The molecule has 1 fully saturated rings. The summed E-state index contributed by atoms with van der Waals surface area (Å²) in [4.78, 5) is 2.57. The van der Waals surface area contributed by atoms with Gasteiger partial charge in [0.1, 0.15) is 6.61 Å². The lowest BCUT2D eigenvalue weighted by Crippen LogP contribution is -2.49. The Labute approximate surface area is 126 Å². The fraction of sp³-hybridized carbons (Fsp3) is 0.647. The molecule has 116 valence electrons. The first-order chi connectivity index (χ1) is 10.3. The second-order valence-corrected chi connectivity index (χ2v) is 6.00. The van der Waals surface area contributed by atoms with Gasteiger partial charge in [-0.3, -0.25) is 4.90 Å². The number of hydrogen-bond donors (Lipinski definition) is 1. The molecule has 0 bridgehead atoms. The summed E-state index contributed by atoms with van der Waals surface area (Å²) in [5.74, 6) is 2.08. The Hall–Kier alpha value is -1.26. The Balaban J connectivity index is 1.96. The second-order valence-electron chi connectivity index (χ2n) is 6.00. The normalized spacial score (nSPS) is 24.9. The van der Waals surface area contributed by atoms with Crippen LogP contribution in [0, 0.1) is 0 Å². The molecule has 0 saturated carbocycles. The monoisotopic (exact) mass is 291 g/mol. The number of rotatable bonds is 4. The lowest BCUT2D eigenvalue weighted by atomic mass is 9.81. The highest BCUT2D eigenvalue weighted by Gasteiger charge is 2.38. The zero-order chi connectivity index (χ0) is 14.8. The van der Waals surface area contributed by atoms with Crippen LogP contribution in [0.4, 0.5) is 0 Å². The molecular weight excluding hydrogens is 266 g/mol. The van der Waals surface area contributed by atoms with Crippen LogP contribution < -0.4 is 9.47 Å². The number of hydrogen-bond acceptors (Lipinski definition) is 4. The van der Waals surface area contributed by atoms with Crippen LogP contribution in [0.25, 0.3) is 0 Å². The van der Waals surface area contributed by atoms with Crippen molar-refractivity contribution in [2.24, 2.45) is 0 Å². The predicted octanol–water partition coefficient (Wildman–Crippen LogP) is 2.54. The van der Waals surface area contributed by atoms with E-state index in [0.717, 1.165) is 24.5 Å². The Morgan fingerprint density at radius 1 is 1.43 bits per heavy atom. The number of piperidine rings is 1. The Bertz CT molecular complexity index is 501. The molecule has 2 heterocycles. The molecule has 0 amide bonds. The lowest BCUT2D eigenvalue weighted by molar-refractivity contribution is 0.0640. The summed E-state index contributed by atoms with van der Waals surface area (Å²) in [5, 5.41) is 9.45. The van der Waals surface area contributed by atoms with Crippen molar-refractivity contribution in [2.75, 3.05) is 26.8 Å². The topological polar surface area (TPSA) is 41.9 Å². The fourth-order valence-corrected chi connectivity index (χ4v) is 3.85. The summed E-state index contributed by atoms with van der Waals surface area (Å²) in [6.07, 6.45) is 3.64. The molecular formula is C17H25NO3. The minimum atomic E-state index is -0.0180. The van der Waals surface area contributed by atoms with Gasteiger partial charge in [0.15, 0.2) is 11.5 Å². The lowest BCUT2D eigenvalue weighted by Gasteiger charge is -2.44. The number of likely N-dealkylation sites (tertiary alicyclic amines) is 1. The van der Waals surface area contributed by atoms with E-state index in [1.165, 1.54) is 31.4 Å². The van der Waals surface area contributed by atoms with Gasteiger partial charge < -0.3 is 14.6 Å². The molecule has 4 nitrogen and oxygen atoms in total. The highest BCUT2D eigenvalue weighted by Crippen LogP contribution is 2.46. The van der Waals surface area contributed by atoms with Crippen molar-refractivity contribution in [1.29, 1.82) is 0 Å². The maximum atomic E-state index is 9.45. The van der Waals surface area contributed by atoms with Gasteiger partial charge in [-0.15, -0.1) is 0 Å². The Morgan fingerprint density at radius 3 is 3.00 bits per heavy atom. The molecule has 3 rings (SSSR count). The smallest absolute Gasteiger partial charge is 0.166 e. The number of aliphatic hydroxyl groups excluding tert-OH is 1. The quantitative estimate of drug-likeness (QED) is 0.925. The first kappa shape index (κ1) is 14.7. The number of fused-ring (bicyclic) bond motifs is 3. The molecule has 0 aromatic heterocycles. The van der Waals surface area contributed by atoms with E-state index in [1.54, 1.807) is 7.11 Å². The first-order valence-corrected chi connectivity index (χ1v) is 7.97. The van der Waals surface area contributed by atoms with Crippen LogP contribution in [0.1, 0.15) is 43.2 Å². The zero-order valence-corrected chi connectivity index (χ0v) is 13.0. The highest BCUT2D eigenvalue weighted by atomic mass is 16.5. The number of aliphatic hydroxyl groups is 1. The van der Waals surface area contributed by atoms with Gasteiger partial charge >= 0.3 is 0 Å². The van der Waals surface area contributed by atoms with Gasteiger partial charge in [0, 0.05) is 17.0 Å². The molecule has 1 aromatic rings. The molecule has 2 atom stereocenters. The van der Waals surface area contributed by atoms with Crippen LogP contribution >= 0.6 is 0 Å². The van der Waals surface area contributed by atoms with Crippen LogP contribution in [-0.2, 0) is 6.61 Å². The van der Waals surface area contributed by atoms with Crippen LogP contribution in [-0.4, -0.2) is 42.9 Å². The van der Waals surface area contributed by atoms with Gasteiger partial charge in [-0.2, -0.15) is 0 Å². The molecule has 1 N–H and O–H groups in total. The molecule has 2 aliphatic rings. The number of methoxy groups -OCH3 is 1. The minimum Gasteiger partial charge on any atom is -0.492 e. The average molecular weight is 291 g/mol. The number of nitrogens with zero attached hydrogens (tertiary/aromatic N) is 1. The predicted molar refractivity (Wildman–Crippen MR) is 82.0 cm³/mol. The number of benzene rings is 1. The van der Waals surface area contributed by atoms with Gasteiger partial charge in [0.2, 0.25) is 0 Å². The van der Waals surface area contributed by atoms with E-state index in [-0.39, 0.29) is 6.61 Å². The van der Waals surface area contributed by atoms with E-state index >= 15 is 0 Å². The van der Waals surface area contributed by atoms with Crippen LogP contribution in [0.5, 0.6) is 11.5 Å². The van der Waals surface area contributed by atoms with Crippen molar-refractivity contribution >= 4 is 0 Å². The van der Waals surface area contributed by atoms with E-state index in [0.29, 0.717) is 17.7 Å². The third-order valence-electron chi connectivity index (χ3n) is 4.80. The van der Waals surface area contributed by atoms with E-state index < -0.39 is 0 Å². The fourth-order valence-electron chi connectivity index (χ4n) is 3.85. The van der Waals surface area contributed by atoms with Gasteiger partial charge in [0.25, 0.3) is 0 Å². The molecule has 1 aromatic carbocycles. The molecule has 1 saturated heterocycles. The van der Waals surface area contributed by atoms with Gasteiger partial charge in [0.05, 0.1) is 19.8 Å². The van der Waals surface area contributed by atoms with Crippen molar-refractivity contribution in [3.05, 3.63) is 23.3 Å². The van der Waals surface area contributed by atoms with Crippen molar-refractivity contribution in [3.8, 4) is 11.5 Å². The van der Waals surface area contributed by atoms with Gasteiger partial charge in [-0.25, -0.2) is 0 Å². The highest BCUT2D eigenvalue weighted by molar-refractivity contribution is 5.54. The summed E-state index contributed by atoms with van der Waals surface area (Å²) in [6.45, 7) is 5.27. The SMILES string of the molecule is CCCN1CCC[C@@H]2c3ccc(CO)c(OC)c3OC[C@H]21. The first-order valence-electron chi connectivity index (χ1n) is 7.97.